The van der Waals surface area contributed by atoms with Crippen molar-refractivity contribution < 1.29 is 4.79 Å². The summed E-state index contributed by atoms with van der Waals surface area (Å²) >= 11 is 7.83. The van der Waals surface area contributed by atoms with Gasteiger partial charge in [0.1, 0.15) is 0 Å². The van der Waals surface area contributed by atoms with Gasteiger partial charge < -0.3 is 10.2 Å². The molecule has 1 aliphatic rings. The summed E-state index contributed by atoms with van der Waals surface area (Å²) in [7, 11) is 0. The van der Waals surface area contributed by atoms with Crippen molar-refractivity contribution in [1.29, 1.82) is 0 Å². The van der Waals surface area contributed by atoms with Crippen LogP contribution in [0.1, 0.15) is 5.56 Å². The Morgan fingerprint density at radius 3 is 3.00 bits per heavy atom. The van der Waals surface area contributed by atoms with Crippen LogP contribution in [0, 0.1) is 6.92 Å². The maximum absolute atomic E-state index is 12.4. The van der Waals surface area contributed by atoms with E-state index in [4.69, 9.17) is 11.6 Å². The molecule has 1 N–H and O–H groups in total. The van der Waals surface area contributed by atoms with Crippen molar-refractivity contribution in [2.24, 2.45) is 0 Å². The van der Waals surface area contributed by atoms with E-state index in [1.165, 1.54) is 4.90 Å². The SMILES string of the molecule is Cc1ccc(Cl)cc1NC(=O)CN1CCSc2ccccc21. The van der Waals surface area contributed by atoms with E-state index in [0.717, 1.165) is 29.2 Å². The van der Waals surface area contributed by atoms with Crippen molar-refractivity contribution in [3.05, 3.63) is 53.1 Å². The number of anilines is 2. The summed E-state index contributed by atoms with van der Waals surface area (Å²) in [5.74, 6) is 0.979. The van der Waals surface area contributed by atoms with Gasteiger partial charge >= 0.3 is 0 Å². The Hall–Kier alpha value is -1.65. The minimum Gasteiger partial charge on any atom is -0.360 e. The quantitative estimate of drug-likeness (QED) is 0.914. The topological polar surface area (TPSA) is 32.3 Å². The van der Waals surface area contributed by atoms with Gasteiger partial charge in [-0.1, -0.05) is 29.8 Å². The highest BCUT2D eigenvalue weighted by atomic mass is 35.5. The molecular weight excluding hydrogens is 316 g/mol. The molecule has 0 saturated carbocycles. The molecule has 1 heterocycles. The van der Waals surface area contributed by atoms with Gasteiger partial charge in [0.15, 0.2) is 0 Å². The van der Waals surface area contributed by atoms with Crippen LogP contribution in [-0.4, -0.2) is 24.7 Å². The fourth-order valence-electron chi connectivity index (χ4n) is 2.48. The summed E-state index contributed by atoms with van der Waals surface area (Å²) in [6.45, 7) is 3.19. The van der Waals surface area contributed by atoms with Crippen molar-refractivity contribution in [2.45, 2.75) is 11.8 Å². The predicted octanol–water partition coefficient (Wildman–Crippen LogP) is 4.20. The summed E-state index contributed by atoms with van der Waals surface area (Å²) in [5.41, 5.74) is 2.92. The van der Waals surface area contributed by atoms with Crippen LogP contribution in [0.5, 0.6) is 0 Å². The molecule has 5 heteroatoms. The van der Waals surface area contributed by atoms with Crippen molar-refractivity contribution in [3.8, 4) is 0 Å². The van der Waals surface area contributed by atoms with Gasteiger partial charge in [-0.25, -0.2) is 0 Å². The second-order valence-corrected chi connectivity index (χ2v) is 6.82. The number of hydrogen-bond donors (Lipinski definition) is 1. The van der Waals surface area contributed by atoms with Crippen molar-refractivity contribution >= 4 is 40.6 Å². The summed E-state index contributed by atoms with van der Waals surface area (Å²) < 4.78 is 0. The number of carbonyl (C=O) groups excluding carboxylic acids is 1. The average molecular weight is 333 g/mol. The zero-order valence-electron chi connectivity index (χ0n) is 12.3. The Morgan fingerprint density at radius 2 is 2.14 bits per heavy atom. The first-order valence-corrected chi connectivity index (χ1v) is 8.52. The molecule has 0 spiro atoms. The number of thioether (sulfide) groups is 1. The molecule has 3 rings (SSSR count). The predicted molar refractivity (Wildman–Crippen MR) is 94.2 cm³/mol. The second kappa shape index (κ2) is 6.63. The number of carbonyl (C=O) groups is 1. The minimum atomic E-state index is -0.0212. The molecule has 22 heavy (non-hydrogen) atoms. The molecule has 0 unspecified atom stereocenters. The van der Waals surface area contributed by atoms with Crippen molar-refractivity contribution in [2.75, 3.05) is 29.1 Å². The van der Waals surface area contributed by atoms with E-state index in [-0.39, 0.29) is 5.91 Å². The van der Waals surface area contributed by atoms with Crippen LogP contribution in [0.4, 0.5) is 11.4 Å². The van der Waals surface area contributed by atoms with Gasteiger partial charge in [0.05, 0.1) is 12.2 Å². The lowest BCUT2D eigenvalue weighted by atomic mass is 10.2. The molecule has 0 atom stereocenters. The molecule has 2 aromatic rings. The van der Waals surface area contributed by atoms with Gasteiger partial charge in [-0.2, -0.15) is 0 Å². The number of nitrogens with zero attached hydrogens (tertiary/aromatic N) is 1. The first-order valence-electron chi connectivity index (χ1n) is 7.16. The fraction of sp³-hybridized carbons (Fsp3) is 0.235. The van der Waals surface area contributed by atoms with Gasteiger partial charge in [0, 0.05) is 27.9 Å². The monoisotopic (exact) mass is 332 g/mol. The Bertz CT molecular complexity index is 705. The Balaban J connectivity index is 1.72. The molecule has 1 aliphatic heterocycles. The molecule has 0 aliphatic carbocycles. The Kier molecular flexibility index (Phi) is 4.60. The molecule has 0 fully saturated rings. The first kappa shape index (κ1) is 15.3. The largest absolute Gasteiger partial charge is 0.360 e. The number of para-hydroxylation sites is 1. The van der Waals surface area contributed by atoms with Crippen LogP contribution in [0.3, 0.4) is 0 Å². The van der Waals surface area contributed by atoms with Crippen LogP contribution in [0.15, 0.2) is 47.4 Å². The third-order valence-corrected chi connectivity index (χ3v) is 4.91. The van der Waals surface area contributed by atoms with Crippen LogP contribution < -0.4 is 10.2 Å². The van der Waals surface area contributed by atoms with Crippen molar-refractivity contribution in [3.63, 3.8) is 0 Å². The van der Waals surface area contributed by atoms with E-state index >= 15 is 0 Å². The van der Waals surface area contributed by atoms with Gasteiger partial charge in [-0.15, -0.1) is 11.8 Å². The highest BCUT2D eigenvalue weighted by Crippen LogP contribution is 2.34. The molecule has 114 valence electrons. The third kappa shape index (κ3) is 3.39. The molecule has 3 nitrogen and oxygen atoms in total. The van der Waals surface area contributed by atoms with E-state index in [0.29, 0.717) is 11.6 Å². The summed E-state index contributed by atoms with van der Waals surface area (Å²) in [6, 6.07) is 13.7. The lowest BCUT2D eigenvalue weighted by Crippen LogP contribution is -2.36. The molecule has 0 aromatic heterocycles. The van der Waals surface area contributed by atoms with Gasteiger partial charge in [0.25, 0.3) is 0 Å². The third-order valence-electron chi connectivity index (χ3n) is 3.63. The lowest BCUT2D eigenvalue weighted by molar-refractivity contribution is -0.115. The number of amides is 1. The minimum absolute atomic E-state index is 0.0212. The zero-order chi connectivity index (χ0) is 15.5. The van der Waals surface area contributed by atoms with Crippen LogP contribution in [0.2, 0.25) is 5.02 Å². The maximum atomic E-state index is 12.4. The maximum Gasteiger partial charge on any atom is 0.243 e. The van der Waals surface area contributed by atoms with Gasteiger partial charge in [-0.3, -0.25) is 4.79 Å². The number of benzene rings is 2. The Morgan fingerprint density at radius 1 is 1.32 bits per heavy atom. The van der Waals surface area contributed by atoms with E-state index in [1.54, 1.807) is 6.07 Å². The Labute approximate surface area is 139 Å². The molecular formula is C17H17ClN2OS. The molecule has 1 amide bonds. The van der Waals surface area contributed by atoms with E-state index in [1.807, 2.05) is 43.0 Å². The van der Waals surface area contributed by atoms with E-state index < -0.39 is 0 Å². The van der Waals surface area contributed by atoms with Crippen LogP contribution in [-0.2, 0) is 4.79 Å². The van der Waals surface area contributed by atoms with Crippen LogP contribution >= 0.6 is 23.4 Å². The summed E-state index contributed by atoms with van der Waals surface area (Å²) in [5, 5.41) is 3.58. The molecule has 0 bridgehead atoms. The number of halogens is 1. The standard InChI is InChI=1S/C17H17ClN2OS/c1-12-6-7-13(18)10-14(12)19-17(21)11-20-8-9-22-16-5-3-2-4-15(16)20/h2-7,10H,8-9,11H2,1H3,(H,19,21). The molecule has 2 aromatic carbocycles. The highest BCUT2D eigenvalue weighted by molar-refractivity contribution is 7.99. The first-order chi connectivity index (χ1) is 10.6. The second-order valence-electron chi connectivity index (χ2n) is 5.25. The van der Waals surface area contributed by atoms with Gasteiger partial charge in [-0.05, 0) is 36.8 Å². The number of fused-ring (bicyclic) bond motifs is 1. The number of aryl methyl sites for hydroxylation is 1. The van der Waals surface area contributed by atoms with E-state index in [9.17, 15) is 4.79 Å². The molecule has 0 radical (unpaired) electrons. The van der Waals surface area contributed by atoms with E-state index in [2.05, 4.69) is 22.3 Å². The zero-order valence-corrected chi connectivity index (χ0v) is 13.9. The van der Waals surface area contributed by atoms with Crippen LogP contribution in [0.25, 0.3) is 0 Å². The summed E-state index contributed by atoms with van der Waals surface area (Å²) in [6.07, 6.45) is 0. The number of hydrogen-bond acceptors (Lipinski definition) is 3. The fourth-order valence-corrected chi connectivity index (χ4v) is 3.71. The van der Waals surface area contributed by atoms with Crippen molar-refractivity contribution in [1.82, 2.24) is 0 Å². The number of nitrogens with one attached hydrogen (secondary N) is 1. The normalized spacial score (nSPS) is 13.6. The number of rotatable bonds is 3. The summed E-state index contributed by atoms with van der Waals surface area (Å²) in [4.78, 5) is 15.7. The lowest BCUT2D eigenvalue weighted by Gasteiger charge is -2.30. The average Bonchev–Trinajstić information content (AvgIpc) is 2.51. The highest BCUT2D eigenvalue weighted by Gasteiger charge is 2.19. The van der Waals surface area contributed by atoms with Gasteiger partial charge in [0.2, 0.25) is 5.91 Å². The molecule has 0 saturated heterocycles. The smallest absolute Gasteiger partial charge is 0.243 e.